The molecule has 23 heavy (non-hydrogen) atoms. The molecule has 1 aromatic rings. The van der Waals surface area contributed by atoms with E-state index in [1.54, 1.807) is 45.0 Å². The maximum absolute atomic E-state index is 12.9. The molecule has 0 fully saturated rings. The van der Waals surface area contributed by atoms with Crippen molar-refractivity contribution in [1.82, 2.24) is 0 Å². The first kappa shape index (κ1) is 19.1. The molecule has 6 nitrogen and oxygen atoms in total. The van der Waals surface area contributed by atoms with Gasteiger partial charge in [0.1, 0.15) is 5.31 Å². The number of esters is 1. The summed E-state index contributed by atoms with van der Waals surface area (Å²) >= 11 is 0. The van der Waals surface area contributed by atoms with Gasteiger partial charge in [-0.3, -0.25) is 4.57 Å². The Morgan fingerprint density at radius 3 is 2.39 bits per heavy atom. The Balaban J connectivity index is 3.38. The first-order valence-corrected chi connectivity index (χ1v) is 8.83. The third-order valence-corrected chi connectivity index (χ3v) is 4.79. The third-order valence-electron chi connectivity index (χ3n) is 2.70. The van der Waals surface area contributed by atoms with E-state index in [9.17, 15) is 9.36 Å². The third kappa shape index (κ3) is 5.33. The van der Waals surface area contributed by atoms with Gasteiger partial charge in [-0.15, -0.1) is 0 Å². The minimum absolute atomic E-state index is 0.117. The monoisotopic (exact) mass is 337 g/mol. The fourth-order valence-corrected chi connectivity index (χ4v) is 3.45. The van der Waals surface area contributed by atoms with Gasteiger partial charge in [-0.2, -0.15) is 5.26 Å². The Hall–Kier alpha value is -1.93. The lowest BCUT2D eigenvalue weighted by Gasteiger charge is -2.19. The minimum atomic E-state index is -3.80. The van der Waals surface area contributed by atoms with E-state index in [0.29, 0.717) is 11.1 Å². The average Bonchev–Trinajstić information content (AvgIpc) is 2.53. The van der Waals surface area contributed by atoms with E-state index in [4.69, 9.17) is 19.0 Å². The zero-order valence-electron chi connectivity index (χ0n) is 13.4. The van der Waals surface area contributed by atoms with Gasteiger partial charge in [-0.1, -0.05) is 12.1 Å². The van der Waals surface area contributed by atoms with Crippen LogP contribution in [0.4, 0.5) is 0 Å². The molecule has 0 radical (unpaired) electrons. The highest BCUT2D eigenvalue weighted by molar-refractivity contribution is 7.60. The van der Waals surface area contributed by atoms with Crippen LogP contribution in [0.15, 0.2) is 29.6 Å². The van der Waals surface area contributed by atoms with Gasteiger partial charge >= 0.3 is 13.6 Å². The number of rotatable bonds is 8. The van der Waals surface area contributed by atoms with Gasteiger partial charge in [0.2, 0.25) is 0 Å². The van der Waals surface area contributed by atoms with E-state index >= 15 is 0 Å². The molecule has 0 aromatic heterocycles. The summed E-state index contributed by atoms with van der Waals surface area (Å²) < 4.78 is 28.3. The SMILES string of the molecule is CCOC(=O)/C(=C\c1cccc(C#N)c1)P(=O)(OCC)OCC. The van der Waals surface area contributed by atoms with E-state index in [2.05, 4.69) is 0 Å². The topological polar surface area (TPSA) is 85.6 Å². The number of hydrogen-bond acceptors (Lipinski definition) is 6. The molecular formula is C16H20NO5P. The molecule has 0 aliphatic carbocycles. The summed E-state index contributed by atoms with van der Waals surface area (Å²) in [7, 11) is -3.80. The van der Waals surface area contributed by atoms with Gasteiger partial charge in [0, 0.05) is 0 Å². The maximum atomic E-state index is 12.9. The number of hydrogen-bond donors (Lipinski definition) is 0. The van der Waals surface area contributed by atoms with Crippen LogP contribution in [0.5, 0.6) is 0 Å². The lowest BCUT2D eigenvalue weighted by atomic mass is 10.1. The highest BCUT2D eigenvalue weighted by atomic mass is 31.2. The Labute approximate surface area is 136 Å². The van der Waals surface area contributed by atoms with Crippen molar-refractivity contribution in [2.24, 2.45) is 0 Å². The molecule has 0 unspecified atom stereocenters. The predicted molar refractivity (Wildman–Crippen MR) is 86.6 cm³/mol. The van der Waals surface area contributed by atoms with E-state index in [1.165, 1.54) is 6.08 Å². The standard InChI is InChI=1S/C16H20NO5P/c1-4-20-16(18)15(23(19,21-5-2)22-6-3)11-13-8-7-9-14(10-13)12-17/h7-11H,4-6H2,1-3H3/b15-11+. The highest BCUT2D eigenvalue weighted by Gasteiger charge is 2.36. The van der Waals surface area contributed by atoms with Crippen LogP contribution in [0.3, 0.4) is 0 Å². The summed E-state index contributed by atoms with van der Waals surface area (Å²) in [6.45, 7) is 5.33. The Morgan fingerprint density at radius 2 is 1.87 bits per heavy atom. The van der Waals surface area contributed by atoms with Gasteiger partial charge in [-0.05, 0) is 44.5 Å². The zero-order chi connectivity index (χ0) is 17.3. The summed E-state index contributed by atoms with van der Waals surface area (Å²) in [5, 5.41) is 8.77. The van der Waals surface area contributed by atoms with Crippen LogP contribution in [-0.4, -0.2) is 25.8 Å². The number of nitriles is 1. The summed E-state index contributed by atoms with van der Waals surface area (Å²) in [5.41, 5.74) is 0.955. The van der Waals surface area contributed by atoms with Crippen LogP contribution in [0, 0.1) is 11.3 Å². The van der Waals surface area contributed by atoms with Gasteiger partial charge in [0.25, 0.3) is 0 Å². The Bertz CT molecular complexity index is 653. The summed E-state index contributed by atoms with van der Waals surface area (Å²) in [6.07, 6.45) is 1.38. The second kappa shape index (κ2) is 9.26. The fourth-order valence-electron chi connectivity index (χ4n) is 1.83. The number of carbonyl (C=O) groups is 1. The van der Waals surface area contributed by atoms with Crippen molar-refractivity contribution < 1.29 is 23.1 Å². The summed E-state index contributed by atoms with van der Waals surface area (Å²) in [6, 6.07) is 8.56. The van der Waals surface area contributed by atoms with E-state index in [1.807, 2.05) is 6.07 Å². The average molecular weight is 337 g/mol. The second-order valence-corrected chi connectivity index (χ2v) is 6.31. The largest absolute Gasteiger partial charge is 0.462 e. The van der Waals surface area contributed by atoms with Crippen molar-refractivity contribution in [2.45, 2.75) is 20.8 Å². The molecule has 1 aromatic carbocycles. The Kier molecular flexibility index (Phi) is 7.70. The van der Waals surface area contributed by atoms with Crippen LogP contribution < -0.4 is 0 Å². The molecule has 1 rings (SSSR count). The molecule has 0 saturated heterocycles. The van der Waals surface area contributed by atoms with E-state index in [-0.39, 0.29) is 25.1 Å². The molecule has 0 saturated carbocycles. The van der Waals surface area contributed by atoms with Crippen LogP contribution in [-0.2, 0) is 23.1 Å². The van der Waals surface area contributed by atoms with Crippen molar-refractivity contribution in [2.75, 3.05) is 19.8 Å². The molecule has 0 amide bonds. The molecule has 0 aliphatic heterocycles. The molecule has 0 aliphatic rings. The van der Waals surface area contributed by atoms with Crippen molar-refractivity contribution in [3.05, 3.63) is 40.7 Å². The van der Waals surface area contributed by atoms with Gasteiger partial charge < -0.3 is 13.8 Å². The van der Waals surface area contributed by atoms with Crippen molar-refractivity contribution in [3.8, 4) is 6.07 Å². The zero-order valence-corrected chi connectivity index (χ0v) is 14.3. The molecule has 124 valence electrons. The number of benzene rings is 1. The molecule has 0 atom stereocenters. The number of nitrogens with zero attached hydrogens (tertiary/aromatic N) is 1. The summed E-state index contributed by atoms with van der Waals surface area (Å²) in [4.78, 5) is 12.2. The van der Waals surface area contributed by atoms with Crippen LogP contribution >= 0.6 is 7.60 Å². The van der Waals surface area contributed by atoms with E-state index in [0.717, 1.165) is 0 Å². The lowest BCUT2D eigenvalue weighted by molar-refractivity contribution is -0.137. The Morgan fingerprint density at radius 1 is 1.22 bits per heavy atom. The smallest absolute Gasteiger partial charge is 0.368 e. The molecule has 0 spiro atoms. The molecule has 0 bridgehead atoms. The van der Waals surface area contributed by atoms with Gasteiger partial charge in [0.15, 0.2) is 0 Å². The lowest BCUT2D eigenvalue weighted by Crippen LogP contribution is -2.11. The first-order chi connectivity index (χ1) is 11.0. The summed E-state index contributed by atoms with van der Waals surface area (Å²) in [5.74, 6) is -0.764. The fraction of sp³-hybridized carbons (Fsp3) is 0.375. The van der Waals surface area contributed by atoms with Gasteiger partial charge in [-0.25, -0.2) is 4.79 Å². The molecule has 7 heteroatoms. The highest BCUT2D eigenvalue weighted by Crippen LogP contribution is 2.57. The molecular weight excluding hydrogens is 317 g/mol. The van der Waals surface area contributed by atoms with E-state index < -0.39 is 13.6 Å². The van der Waals surface area contributed by atoms with Crippen LogP contribution in [0.1, 0.15) is 31.9 Å². The predicted octanol–water partition coefficient (Wildman–Crippen LogP) is 3.73. The second-order valence-electron chi connectivity index (χ2n) is 4.32. The first-order valence-electron chi connectivity index (χ1n) is 7.29. The van der Waals surface area contributed by atoms with Crippen LogP contribution in [0.25, 0.3) is 6.08 Å². The van der Waals surface area contributed by atoms with Gasteiger partial charge in [0.05, 0.1) is 31.5 Å². The number of ether oxygens (including phenoxy) is 1. The number of carbonyl (C=O) groups excluding carboxylic acids is 1. The minimum Gasteiger partial charge on any atom is -0.462 e. The quantitative estimate of drug-likeness (QED) is 0.408. The van der Waals surface area contributed by atoms with Crippen molar-refractivity contribution >= 4 is 19.6 Å². The maximum Gasteiger partial charge on any atom is 0.368 e. The van der Waals surface area contributed by atoms with Crippen LogP contribution in [0.2, 0.25) is 0 Å². The molecule has 0 heterocycles. The normalized spacial score (nSPS) is 11.8. The van der Waals surface area contributed by atoms with Crippen molar-refractivity contribution in [1.29, 1.82) is 5.26 Å². The van der Waals surface area contributed by atoms with Crippen molar-refractivity contribution in [3.63, 3.8) is 0 Å². The molecule has 0 N–H and O–H groups in total.